The van der Waals surface area contributed by atoms with E-state index >= 15 is 0 Å². The molecule has 0 fully saturated rings. The molecule has 1 heterocycles. The molecule has 1 aromatic carbocycles. The van der Waals surface area contributed by atoms with E-state index in [0.717, 1.165) is 5.69 Å². The van der Waals surface area contributed by atoms with Gasteiger partial charge in [0.1, 0.15) is 17.3 Å². The second kappa shape index (κ2) is 4.93. The number of hydrogen-bond acceptors (Lipinski definition) is 3. The van der Waals surface area contributed by atoms with Crippen molar-refractivity contribution in [2.24, 2.45) is 5.73 Å². The van der Waals surface area contributed by atoms with Gasteiger partial charge in [0.25, 0.3) is 0 Å². The molecule has 0 aliphatic heterocycles. The van der Waals surface area contributed by atoms with Gasteiger partial charge in [0, 0.05) is 12.1 Å². The molecular weight excluding hydrogens is 219 g/mol. The van der Waals surface area contributed by atoms with Gasteiger partial charge in [-0.2, -0.15) is 0 Å². The average Bonchev–Trinajstić information content (AvgIpc) is 2.29. The molecule has 3 nitrogen and oxygen atoms in total. The summed E-state index contributed by atoms with van der Waals surface area (Å²) in [6.45, 7) is 1.86. The monoisotopic (exact) mass is 232 g/mol. The van der Waals surface area contributed by atoms with Gasteiger partial charge in [-0.15, -0.1) is 0 Å². The SMILES string of the molecule is CC(N)c1ccc(Oc2cccc(F)c2)cn1. The molecule has 0 saturated heterocycles. The molecule has 0 aliphatic carbocycles. The molecular formula is C13H13FN2O. The van der Waals surface area contributed by atoms with Crippen LogP contribution in [0.15, 0.2) is 42.6 Å². The van der Waals surface area contributed by atoms with E-state index in [1.807, 2.05) is 6.92 Å². The van der Waals surface area contributed by atoms with Gasteiger partial charge in [-0.1, -0.05) is 6.07 Å². The van der Waals surface area contributed by atoms with E-state index in [0.29, 0.717) is 11.5 Å². The third kappa shape index (κ3) is 3.01. The van der Waals surface area contributed by atoms with Crippen LogP contribution >= 0.6 is 0 Å². The zero-order valence-electron chi connectivity index (χ0n) is 9.43. The second-order valence-corrected chi connectivity index (χ2v) is 3.77. The Morgan fingerprint density at radius 1 is 1.24 bits per heavy atom. The molecule has 4 heteroatoms. The van der Waals surface area contributed by atoms with E-state index in [4.69, 9.17) is 10.5 Å². The fraction of sp³-hybridized carbons (Fsp3) is 0.154. The Bertz CT molecular complexity index is 497. The molecule has 0 saturated carbocycles. The summed E-state index contributed by atoms with van der Waals surface area (Å²) in [5.41, 5.74) is 6.47. The number of rotatable bonds is 3. The summed E-state index contributed by atoms with van der Waals surface area (Å²) in [5.74, 6) is 0.669. The first-order valence-electron chi connectivity index (χ1n) is 5.30. The number of benzene rings is 1. The third-order valence-electron chi connectivity index (χ3n) is 2.26. The average molecular weight is 232 g/mol. The van der Waals surface area contributed by atoms with Gasteiger partial charge in [-0.3, -0.25) is 4.98 Å². The lowest BCUT2D eigenvalue weighted by Gasteiger charge is -2.07. The Morgan fingerprint density at radius 3 is 2.65 bits per heavy atom. The van der Waals surface area contributed by atoms with Crippen molar-refractivity contribution in [2.45, 2.75) is 13.0 Å². The minimum absolute atomic E-state index is 0.113. The van der Waals surface area contributed by atoms with Crippen molar-refractivity contribution in [1.29, 1.82) is 0 Å². The molecule has 17 heavy (non-hydrogen) atoms. The van der Waals surface area contributed by atoms with E-state index in [2.05, 4.69) is 4.98 Å². The molecule has 88 valence electrons. The Balaban J connectivity index is 2.14. The Hall–Kier alpha value is -1.94. The summed E-state index contributed by atoms with van der Waals surface area (Å²) >= 11 is 0. The lowest BCUT2D eigenvalue weighted by atomic mass is 10.2. The summed E-state index contributed by atoms with van der Waals surface area (Å²) in [4.78, 5) is 4.15. The van der Waals surface area contributed by atoms with Crippen LogP contribution in [0.25, 0.3) is 0 Å². The maximum Gasteiger partial charge on any atom is 0.145 e. The van der Waals surface area contributed by atoms with Crippen LogP contribution in [-0.4, -0.2) is 4.98 Å². The highest BCUT2D eigenvalue weighted by molar-refractivity contribution is 5.30. The van der Waals surface area contributed by atoms with E-state index in [1.165, 1.54) is 12.1 Å². The molecule has 0 bridgehead atoms. The third-order valence-corrected chi connectivity index (χ3v) is 2.26. The van der Waals surface area contributed by atoms with Gasteiger partial charge < -0.3 is 10.5 Å². The van der Waals surface area contributed by atoms with Crippen molar-refractivity contribution in [2.75, 3.05) is 0 Å². The van der Waals surface area contributed by atoms with Crippen molar-refractivity contribution >= 4 is 0 Å². The molecule has 1 atom stereocenters. The highest BCUT2D eigenvalue weighted by atomic mass is 19.1. The largest absolute Gasteiger partial charge is 0.456 e. The van der Waals surface area contributed by atoms with Gasteiger partial charge in [0.2, 0.25) is 0 Å². The summed E-state index contributed by atoms with van der Waals surface area (Å²) in [6.07, 6.45) is 1.57. The summed E-state index contributed by atoms with van der Waals surface area (Å²) in [7, 11) is 0. The minimum atomic E-state index is -0.331. The number of ether oxygens (including phenoxy) is 1. The number of pyridine rings is 1. The number of nitrogens with two attached hydrogens (primary N) is 1. The zero-order valence-corrected chi connectivity index (χ0v) is 9.43. The van der Waals surface area contributed by atoms with Gasteiger partial charge >= 0.3 is 0 Å². The topological polar surface area (TPSA) is 48.1 Å². The molecule has 2 aromatic rings. The number of halogens is 1. The van der Waals surface area contributed by atoms with Crippen LogP contribution in [0.2, 0.25) is 0 Å². The maximum absolute atomic E-state index is 12.9. The fourth-order valence-electron chi connectivity index (χ4n) is 1.39. The Labute approximate surface area is 99.1 Å². The van der Waals surface area contributed by atoms with Crippen LogP contribution in [0.3, 0.4) is 0 Å². The maximum atomic E-state index is 12.9. The Morgan fingerprint density at radius 2 is 2.06 bits per heavy atom. The highest BCUT2D eigenvalue weighted by Gasteiger charge is 2.02. The van der Waals surface area contributed by atoms with E-state index in [1.54, 1.807) is 30.5 Å². The van der Waals surface area contributed by atoms with Crippen LogP contribution in [-0.2, 0) is 0 Å². The van der Waals surface area contributed by atoms with E-state index < -0.39 is 0 Å². The van der Waals surface area contributed by atoms with Crippen LogP contribution in [0.1, 0.15) is 18.7 Å². The van der Waals surface area contributed by atoms with Crippen molar-refractivity contribution in [1.82, 2.24) is 4.98 Å². The summed E-state index contributed by atoms with van der Waals surface area (Å²) < 4.78 is 18.4. The van der Waals surface area contributed by atoms with Crippen molar-refractivity contribution in [3.8, 4) is 11.5 Å². The quantitative estimate of drug-likeness (QED) is 0.884. The number of nitrogens with zero attached hydrogens (tertiary/aromatic N) is 1. The van der Waals surface area contributed by atoms with Crippen LogP contribution in [0, 0.1) is 5.82 Å². The minimum Gasteiger partial charge on any atom is -0.456 e. The predicted molar refractivity (Wildman–Crippen MR) is 63.3 cm³/mol. The first kappa shape index (κ1) is 11.5. The normalized spacial score (nSPS) is 12.2. The molecule has 0 radical (unpaired) electrons. The molecule has 1 unspecified atom stereocenters. The zero-order chi connectivity index (χ0) is 12.3. The summed E-state index contributed by atoms with van der Waals surface area (Å²) in [5, 5.41) is 0. The molecule has 0 amide bonds. The summed E-state index contributed by atoms with van der Waals surface area (Å²) in [6, 6.07) is 9.40. The molecule has 1 aromatic heterocycles. The lowest BCUT2D eigenvalue weighted by Crippen LogP contribution is -2.06. The van der Waals surface area contributed by atoms with Gasteiger partial charge in [0.05, 0.1) is 11.9 Å². The van der Waals surface area contributed by atoms with Gasteiger partial charge in [-0.05, 0) is 31.2 Å². The standard InChI is InChI=1S/C13H13FN2O/c1-9(15)13-6-5-12(8-16-13)17-11-4-2-3-10(14)7-11/h2-9H,15H2,1H3. The lowest BCUT2D eigenvalue weighted by molar-refractivity contribution is 0.473. The number of hydrogen-bond donors (Lipinski definition) is 1. The smallest absolute Gasteiger partial charge is 0.145 e. The fourth-order valence-corrected chi connectivity index (χ4v) is 1.39. The van der Waals surface area contributed by atoms with Crippen molar-refractivity contribution in [3.63, 3.8) is 0 Å². The highest BCUT2D eigenvalue weighted by Crippen LogP contribution is 2.21. The first-order chi connectivity index (χ1) is 8.15. The van der Waals surface area contributed by atoms with Crippen molar-refractivity contribution in [3.05, 3.63) is 54.1 Å². The first-order valence-corrected chi connectivity index (χ1v) is 5.30. The van der Waals surface area contributed by atoms with Crippen LogP contribution < -0.4 is 10.5 Å². The predicted octanol–water partition coefficient (Wildman–Crippen LogP) is 3.03. The number of aromatic nitrogens is 1. The molecule has 2 N–H and O–H groups in total. The van der Waals surface area contributed by atoms with Crippen LogP contribution in [0.5, 0.6) is 11.5 Å². The molecule has 0 spiro atoms. The van der Waals surface area contributed by atoms with Crippen LogP contribution in [0.4, 0.5) is 4.39 Å². The second-order valence-electron chi connectivity index (χ2n) is 3.77. The van der Waals surface area contributed by atoms with Crippen molar-refractivity contribution < 1.29 is 9.13 Å². The van der Waals surface area contributed by atoms with E-state index in [-0.39, 0.29) is 11.9 Å². The Kier molecular flexibility index (Phi) is 3.35. The van der Waals surface area contributed by atoms with Gasteiger partial charge in [-0.25, -0.2) is 4.39 Å². The van der Waals surface area contributed by atoms with Gasteiger partial charge in [0.15, 0.2) is 0 Å². The molecule has 0 aliphatic rings. The molecule has 2 rings (SSSR count). The van der Waals surface area contributed by atoms with E-state index in [9.17, 15) is 4.39 Å².